The Morgan fingerprint density at radius 1 is 1.46 bits per heavy atom. The molecule has 1 aromatic rings. The molecular formula is C10H11BrO2. The van der Waals surface area contributed by atoms with Crippen molar-refractivity contribution in [2.75, 3.05) is 6.61 Å². The van der Waals surface area contributed by atoms with Crippen molar-refractivity contribution in [2.24, 2.45) is 5.92 Å². The molecule has 1 rings (SSSR count). The van der Waals surface area contributed by atoms with Gasteiger partial charge in [0.2, 0.25) is 0 Å². The molecule has 70 valence electrons. The number of carbonyl (C=O) groups is 1. The van der Waals surface area contributed by atoms with E-state index < -0.39 is 0 Å². The minimum Gasteiger partial charge on any atom is -0.493 e. The molecule has 0 radical (unpaired) electrons. The lowest BCUT2D eigenvalue weighted by Crippen LogP contribution is -2.09. The zero-order valence-corrected chi connectivity index (χ0v) is 8.95. The predicted octanol–water partition coefficient (Wildman–Crippen LogP) is 2.66. The lowest BCUT2D eigenvalue weighted by molar-refractivity contribution is -0.111. The van der Waals surface area contributed by atoms with E-state index >= 15 is 0 Å². The molecule has 0 aliphatic heterocycles. The minimum atomic E-state index is -0.0522. The maximum Gasteiger partial charge on any atom is 0.126 e. The van der Waals surface area contributed by atoms with Crippen molar-refractivity contribution < 1.29 is 9.53 Å². The number of aldehydes is 1. The van der Waals surface area contributed by atoms with E-state index in [0.29, 0.717) is 6.61 Å². The summed E-state index contributed by atoms with van der Waals surface area (Å²) in [5.41, 5.74) is 0. The Hall–Kier alpha value is -0.830. The van der Waals surface area contributed by atoms with Gasteiger partial charge in [0.15, 0.2) is 0 Å². The molecule has 3 heteroatoms. The Labute approximate surface area is 86.0 Å². The van der Waals surface area contributed by atoms with Gasteiger partial charge >= 0.3 is 0 Å². The fourth-order valence-electron chi connectivity index (χ4n) is 0.798. The monoisotopic (exact) mass is 242 g/mol. The number of halogens is 1. The Kier molecular flexibility index (Phi) is 3.96. The van der Waals surface area contributed by atoms with Gasteiger partial charge in [-0.15, -0.1) is 0 Å². The molecule has 0 bridgehead atoms. The predicted molar refractivity (Wildman–Crippen MR) is 54.9 cm³/mol. The summed E-state index contributed by atoms with van der Waals surface area (Å²) in [5.74, 6) is 0.737. The minimum absolute atomic E-state index is 0.0522. The van der Waals surface area contributed by atoms with Crippen molar-refractivity contribution in [3.05, 3.63) is 28.7 Å². The van der Waals surface area contributed by atoms with Crippen LogP contribution in [0.25, 0.3) is 0 Å². The van der Waals surface area contributed by atoms with E-state index in [0.717, 1.165) is 16.5 Å². The Morgan fingerprint density at radius 2 is 2.08 bits per heavy atom. The van der Waals surface area contributed by atoms with Gasteiger partial charge in [0.05, 0.1) is 6.61 Å². The maximum atomic E-state index is 10.3. The highest BCUT2D eigenvalue weighted by molar-refractivity contribution is 9.10. The summed E-state index contributed by atoms with van der Waals surface area (Å²) in [5, 5.41) is 0. The van der Waals surface area contributed by atoms with Gasteiger partial charge in [-0.25, -0.2) is 0 Å². The van der Waals surface area contributed by atoms with Gasteiger partial charge in [0.25, 0.3) is 0 Å². The van der Waals surface area contributed by atoms with Crippen molar-refractivity contribution in [3.63, 3.8) is 0 Å². The number of ether oxygens (including phenoxy) is 1. The molecule has 0 saturated carbocycles. The quantitative estimate of drug-likeness (QED) is 0.760. The molecule has 0 amide bonds. The standard InChI is InChI=1S/C10H11BrO2/c1-8(6-12)7-13-10-4-2-9(11)3-5-10/h2-6,8H,7H2,1H3. The van der Waals surface area contributed by atoms with Crippen LogP contribution in [-0.4, -0.2) is 12.9 Å². The fraction of sp³-hybridized carbons (Fsp3) is 0.300. The third kappa shape index (κ3) is 3.59. The molecule has 1 aromatic carbocycles. The third-order valence-electron chi connectivity index (χ3n) is 1.56. The zero-order chi connectivity index (χ0) is 9.68. The van der Waals surface area contributed by atoms with Crippen LogP contribution < -0.4 is 4.74 Å². The first kappa shape index (κ1) is 10.3. The second-order valence-electron chi connectivity index (χ2n) is 2.88. The molecule has 2 nitrogen and oxygen atoms in total. The molecule has 0 aliphatic carbocycles. The third-order valence-corrected chi connectivity index (χ3v) is 2.09. The summed E-state index contributed by atoms with van der Waals surface area (Å²) in [6.07, 6.45) is 0.888. The summed E-state index contributed by atoms with van der Waals surface area (Å²) < 4.78 is 6.38. The zero-order valence-electron chi connectivity index (χ0n) is 7.37. The van der Waals surface area contributed by atoms with E-state index in [1.54, 1.807) is 0 Å². The second kappa shape index (κ2) is 5.02. The van der Waals surface area contributed by atoms with Gasteiger partial charge in [-0.3, -0.25) is 0 Å². The highest BCUT2D eigenvalue weighted by atomic mass is 79.9. The first-order valence-electron chi connectivity index (χ1n) is 4.06. The van der Waals surface area contributed by atoms with Crippen LogP contribution in [0.3, 0.4) is 0 Å². The van der Waals surface area contributed by atoms with E-state index in [1.807, 2.05) is 31.2 Å². The number of hydrogen-bond donors (Lipinski definition) is 0. The molecule has 1 atom stereocenters. The first-order valence-corrected chi connectivity index (χ1v) is 4.85. The smallest absolute Gasteiger partial charge is 0.126 e. The summed E-state index contributed by atoms with van der Waals surface area (Å²) in [6.45, 7) is 2.26. The van der Waals surface area contributed by atoms with Crippen molar-refractivity contribution in [1.82, 2.24) is 0 Å². The lowest BCUT2D eigenvalue weighted by Gasteiger charge is -2.07. The first-order chi connectivity index (χ1) is 6.22. The molecule has 0 aromatic heterocycles. The van der Waals surface area contributed by atoms with Crippen LogP contribution in [-0.2, 0) is 4.79 Å². The molecule has 13 heavy (non-hydrogen) atoms. The fourth-order valence-corrected chi connectivity index (χ4v) is 1.06. The molecular weight excluding hydrogens is 232 g/mol. The number of hydrogen-bond acceptors (Lipinski definition) is 2. The Bertz CT molecular complexity index is 269. The van der Waals surface area contributed by atoms with Crippen molar-refractivity contribution in [2.45, 2.75) is 6.92 Å². The van der Waals surface area contributed by atoms with E-state index in [-0.39, 0.29) is 5.92 Å². The highest BCUT2D eigenvalue weighted by Gasteiger charge is 2.00. The van der Waals surface area contributed by atoms with Crippen molar-refractivity contribution >= 4 is 22.2 Å². The molecule has 0 spiro atoms. The van der Waals surface area contributed by atoms with Gasteiger partial charge in [-0.05, 0) is 24.3 Å². The van der Waals surface area contributed by atoms with Crippen LogP contribution in [0, 0.1) is 5.92 Å². The number of benzene rings is 1. The number of rotatable bonds is 4. The van der Waals surface area contributed by atoms with Crippen molar-refractivity contribution in [3.8, 4) is 5.75 Å². The largest absolute Gasteiger partial charge is 0.493 e. The summed E-state index contributed by atoms with van der Waals surface area (Å²) in [4.78, 5) is 10.3. The second-order valence-corrected chi connectivity index (χ2v) is 3.79. The topological polar surface area (TPSA) is 26.3 Å². The van der Waals surface area contributed by atoms with Gasteiger partial charge in [-0.2, -0.15) is 0 Å². The Morgan fingerprint density at radius 3 is 2.62 bits per heavy atom. The average molecular weight is 243 g/mol. The van der Waals surface area contributed by atoms with Crippen LogP contribution >= 0.6 is 15.9 Å². The number of carbonyl (C=O) groups excluding carboxylic acids is 1. The van der Waals surface area contributed by atoms with Crippen LogP contribution in [0.15, 0.2) is 28.7 Å². The van der Waals surface area contributed by atoms with Gasteiger partial charge < -0.3 is 9.53 Å². The summed E-state index contributed by atoms with van der Waals surface area (Å²) in [7, 11) is 0. The van der Waals surface area contributed by atoms with Gasteiger partial charge in [0.1, 0.15) is 12.0 Å². The van der Waals surface area contributed by atoms with E-state index in [1.165, 1.54) is 0 Å². The van der Waals surface area contributed by atoms with Crippen molar-refractivity contribution in [1.29, 1.82) is 0 Å². The van der Waals surface area contributed by atoms with E-state index in [2.05, 4.69) is 15.9 Å². The molecule has 0 aliphatic rings. The van der Waals surface area contributed by atoms with Crippen LogP contribution in [0.4, 0.5) is 0 Å². The molecule has 0 heterocycles. The van der Waals surface area contributed by atoms with Gasteiger partial charge in [-0.1, -0.05) is 22.9 Å². The maximum absolute atomic E-state index is 10.3. The summed E-state index contributed by atoms with van der Waals surface area (Å²) >= 11 is 3.33. The SMILES string of the molecule is CC(C=O)COc1ccc(Br)cc1. The summed E-state index contributed by atoms with van der Waals surface area (Å²) in [6, 6.07) is 7.53. The Balaban J connectivity index is 2.45. The van der Waals surface area contributed by atoms with E-state index in [9.17, 15) is 4.79 Å². The van der Waals surface area contributed by atoms with Crippen LogP contribution in [0.5, 0.6) is 5.75 Å². The average Bonchev–Trinajstić information content (AvgIpc) is 2.16. The van der Waals surface area contributed by atoms with Gasteiger partial charge in [0, 0.05) is 10.4 Å². The van der Waals surface area contributed by atoms with Crippen LogP contribution in [0.2, 0.25) is 0 Å². The molecule has 0 saturated heterocycles. The highest BCUT2D eigenvalue weighted by Crippen LogP contribution is 2.16. The van der Waals surface area contributed by atoms with Crippen LogP contribution in [0.1, 0.15) is 6.92 Å². The molecule has 0 N–H and O–H groups in total. The lowest BCUT2D eigenvalue weighted by atomic mass is 10.2. The van der Waals surface area contributed by atoms with E-state index in [4.69, 9.17) is 4.74 Å². The molecule has 1 unspecified atom stereocenters. The normalized spacial score (nSPS) is 12.2. The molecule has 0 fully saturated rings.